The lowest BCUT2D eigenvalue weighted by molar-refractivity contribution is -0.139. The molecule has 156 valence electrons. The molecule has 1 fully saturated rings. The average molecular weight is 426 g/mol. The number of aryl methyl sites for hydroxylation is 1. The largest absolute Gasteiger partial charge is 0.417 e. The van der Waals surface area contributed by atoms with E-state index in [0.29, 0.717) is 6.42 Å². The van der Waals surface area contributed by atoms with Gasteiger partial charge < -0.3 is 5.32 Å². The zero-order valence-electron chi connectivity index (χ0n) is 15.7. The van der Waals surface area contributed by atoms with Crippen molar-refractivity contribution in [3.63, 3.8) is 0 Å². The molecule has 1 aliphatic rings. The molecular weight excluding hydrogens is 405 g/mol. The number of rotatable bonds is 5. The van der Waals surface area contributed by atoms with Crippen LogP contribution in [0.5, 0.6) is 0 Å². The first-order chi connectivity index (χ1) is 13.6. The highest BCUT2D eigenvalue weighted by Gasteiger charge is 2.43. The Kier molecular flexibility index (Phi) is 6.00. The van der Waals surface area contributed by atoms with Crippen LogP contribution in [0.4, 0.5) is 13.2 Å². The summed E-state index contributed by atoms with van der Waals surface area (Å²) in [5.74, 6) is -0.517. The standard InChI is InChI=1S/C20H21F3N2O3S/c1-14-8-10-15(11-9-14)13-24-19(26)17-6-4-12-25(17)29(27,28)18-7-3-2-5-16(18)20(21,22)23/h2-3,5,7-11,17H,4,6,12-13H2,1H3,(H,24,26)/t17-/m0/s1. The Morgan fingerprint density at radius 3 is 2.45 bits per heavy atom. The first kappa shape index (κ1) is 21.3. The smallest absolute Gasteiger partial charge is 0.351 e. The van der Waals surface area contributed by atoms with Crippen LogP contribution < -0.4 is 5.32 Å². The predicted octanol–water partition coefficient (Wildman–Crippen LogP) is 3.48. The Morgan fingerprint density at radius 1 is 1.14 bits per heavy atom. The lowest BCUT2D eigenvalue weighted by atomic mass is 10.1. The Hall–Kier alpha value is -2.39. The van der Waals surface area contributed by atoms with Crippen molar-refractivity contribution in [3.05, 3.63) is 65.2 Å². The molecule has 1 atom stereocenters. The van der Waals surface area contributed by atoms with Gasteiger partial charge in [-0.05, 0) is 37.5 Å². The number of amides is 1. The van der Waals surface area contributed by atoms with Crippen LogP contribution in [-0.4, -0.2) is 31.2 Å². The van der Waals surface area contributed by atoms with Crippen molar-refractivity contribution < 1.29 is 26.4 Å². The lowest BCUT2D eigenvalue weighted by Crippen LogP contribution is -2.46. The van der Waals surface area contributed by atoms with Crippen LogP contribution in [0.1, 0.15) is 29.5 Å². The van der Waals surface area contributed by atoms with Crippen molar-refractivity contribution in [2.45, 2.75) is 43.4 Å². The summed E-state index contributed by atoms with van der Waals surface area (Å²) in [5.41, 5.74) is 0.681. The van der Waals surface area contributed by atoms with Crippen LogP contribution in [0.2, 0.25) is 0 Å². The summed E-state index contributed by atoms with van der Waals surface area (Å²) in [6.45, 7) is 2.14. The van der Waals surface area contributed by atoms with Gasteiger partial charge in [-0.15, -0.1) is 0 Å². The molecule has 2 aromatic rings. The first-order valence-electron chi connectivity index (χ1n) is 9.12. The van der Waals surface area contributed by atoms with Crippen LogP contribution in [0.3, 0.4) is 0 Å². The van der Waals surface area contributed by atoms with Gasteiger partial charge in [0.05, 0.1) is 10.5 Å². The molecule has 0 aliphatic carbocycles. The Labute approximate surface area is 167 Å². The molecule has 29 heavy (non-hydrogen) atoms. The molecule has 0 spiro atoms. The molecule has 0 bridgehead atoms. The number of carbonyl (C=O) groups excluding carboxylic acids is 1. The van der Waals surface area contributed by atoms with Gasteiger partial charge in [0.15, 0.2) is 0 Å². The fourth-order valence-electron chi connectivity index (χ4n) is 3.35. The van der Waals surface area contributed by atoms with Gasteiger partial charge in [0.25, 0.3) is 0 Å². The lowest BCUT2D eigenvalue weighted by Gasteiger charge is -2.25. The minimum atomic E-state index is -4.81. The van der Waals surface area contributed by atoms with Crippen molar-refractivity contribution in [3.8, 4) is 0 Å². The van der Waals surface area contributed by atoms with Crippen molar-refractivity contribution in [1.82, 2.24) is 9.62 Å². The number of hydrogen-bond donors (Lipinski definition) is 1. The van der Waals surface area contributed by atoms with E-state index >= 15 is 0 Å². The SMILES string of the molecule is Cc1ccc(CNC(=O)[C@@H]2CCCN2S(=O)(=O)c2ccccc2C(F)(F)F)cc1. The number of carbonyl (C=O) groups is 1. The van der Waals surface area contributed by atoms with Crippen LogP contribution in [0.15, 0.2) is 53.4 Å². The second-order valence-electron chi connectivity index (χ2n) is 6.97. The van der Waals surface area contributed by atoms with E-state index in [9.17, 15) is 26.4 Å². The highest BCUT2D eigenvalue weighted by atomic mass is 32.2. The average Bonchev–Trinajstić information content (AvgIpc) is 3.17. The summed E-state index contributed by atoms with van der Waals surface area (Å²) >= 11 is 0. The molecule has 0 aromatic heterocycles. The summed E-state index contributed by atoms with van der Waals surface area (Å²) < 4.78 is 66.7. The maximum absolute atomic E-state index is 13.3. The van der Waals surface area contributed by atoms with E-state index in [2.05, 4.69) is 5.32 Å². The Balaban J connectivity index is 1.81. The summed E-state index contributed by atoms with van der Waals surface area (Å²) in [6.07, 6.45) is -4.16. The summed E-state index contributed by atoms with van der Waals surface area (Å²) in [6, 6.07) is 10.5. The number of sulfonamides is 1. The topological polar surface area (TPSA) is 66.5 Å². The van der Waals surface area contributed by atoms with Crippen molar-refractivity contribution in [1.29, 1.82) is 0 Å². The van der Waals surface area contributed by atoms with E-state index in [-0.39, 0.29) is 19.5 Å². The van der Waals surface area contributed by atoms with Gasteiger partial charge in [-0.2, -0.15) is 17.5 Å². The molecule has 2 aromatic carbocycles. The molecule has 1 amide bonds. The van der Waals surface area contributed by atoms with Crippen LogP contribution in [0.25, 0.3) is 0 Å². The zero-order valence-corrected chi connectivity index (χ0v) is 16.6. The normalized spacial score (nSPS) is 18.0. The predicted molar refractivity (Wildman–Crippen MR) is 101 cm³/mol. The molecule has 3 rings (SSSR count). The molecular formula is C20H21F3N2O3S. The number of halogens is 3. The molecule has 0 saturated carbocycles. The van der Waals surface area contributed by atoms with Gasteiger partial charge >= 0.3 is 6.18 Å². The molecule has 0 radical (unpaired) electrons. The molecule has 1 saturated heterocycles. The molecule has 9 heteroatoms. The van der Waals surface area contributed by atoms with Gasteiger partial charge in [-0.3, -0.25) is 4.79 Å². The van der Waals surface area contributed by atoms with E-state index < -0.39 is 38.6 Å². The number of nitrogens with zero attached hydrogens (tertiary/aromatic N) is 1. The monoisotopic (exact) mass is 426 g/mol. The van der Waals surface area contributed by atoms with Gasteiger partial charge in [-0.1, -0.05) is 42.0 Å². The molecule has 1 heterocycles. The van der Waals surface area contributed by atoms with Crippen molar-refractivity contribution >= 4 is 15.9 Å². The van der Waals surface area contributed by atoms with Crippen molar-refractivity contribution in [2.24, 2.45) is 0 Å². The maximum Gasteiger partial charge on any atom is 0.417 e. The van der Waals surface area contributed by atoms with E-state index in [0.717, 1.165) is 33.6 Å². The van der Waals surface area contributed by atoms with E-state index in [1.807, 2.05) is 31.2 Å². The first-order valence-corrected chi connectivity index (χ1v) is 10.6. The second-order valence-corrected chi connectivity index (χ2v) is 8.83. The third-order valence-electron chi connectivity index (χ3n) is 4.87. The minimum absolute atomic E-state index is 0.00283. The highest BCUT2D eigenvalue weighted by molar-refractivity contribution is 7.89. The van der Waals surface area contributed by atoms with Crippen LogP contribution in [0, 0.1) is 6.92 Å². The van der Waals surface area contributed by atoms with Gasteiger partial charge in [0.1, 0.15) is 6.04 Å². The fourth-order valence-corrected chi connectivity index (χ4v) is 5.23. The van der Waals surface area contributed by atoms with E-state index in [1.54, 1.807) is 0 Å². The second kappa shape index (κ2) is 8.16. The molecule has 1 aliphatic heterocycles. The third kappa shape index (κ3) is 4.62. The van der Waals surface area contributed by atoms with Crippen LogP contribution >= 0.6 is 0 Å². The number of benzene rings is 2. The quantitative estimate of drug-likeness (QED) is 0.796. The summed E-state index contributed by atoms with van der Waals surface area (Å²) in [4.78, 5) is 11.8. The third-order valence-corrected chi connectivity index (χ3v) is 6.84. The zero-order chi connectivity index (χ0) is 21.2. The highest BCUT2D eigenvalue weighted by Crippen LogP contribution is 2.36. The number of hydrogen-bond acceptors (Lipinski definition) is 3. The maximum atomic E-state index is 13.3. The Bertz CT molecular complexity index is 989. The molecule has 1 N–H and O–H groups in total. The van der Waals surface area contributed by atoms with E-state index in [1.165, 1.54) is 6.07 Å². The molecule has 5 nitrogen and oxygen atoms in total. The van der Waals surface area contributed by atoms with E-state index in [4.69, 9.17) is 0 Å². The fraction of sp³-hybridized carbons (Fsp3) is 0.350. The van der Waals surface area contributed by atoms with Crippen molar-refractivity contribution in [2.75, 3.05) is 6.54 Å². The summed E-state index contributed by atoms with van der Waals surface area (Å²) in [7, 11) is -4.48. The number of alkyl halides is 3. The minimum Gasteiger partial charge on any atom is -0.351 e. The van der Waals surface area contributed by atoms with Gasteiger partial charge in [0.2, 0.25) is 15.9 Å². The Morgan fingerprint density at radius 2 is 1.79 bits per heavy atom. The van der Waals surface area contributed by atoms with Gasteiger partial charge in [-0.25, -0.2) is 8.42 Å². The van der Waals surface area contributed by atoms with Crippen LogP contribution in [-0.2, 0) is 27.5 Å². The molecule has 0 unspecified atom stereocenters. The number of nitrogens with one attached hydrogen (secondary N) is 1. The summed E-state index contributed by atoms with van der Waals surface area (Å²) in [5, 5.41) is 2.69. The van der Waals surface area contributed by atoms with Gasteiger partial charge in [0, 0.05) is 13.1 Å².